The number of esters is 1. The maximum Gasteiger partial charge on any atom is 0.335 e. The van der Waals surface area contributed by atoms with E-state index in [2.05, 4.69) is 6.58 Å². The molecule has 2 aromatic carbocycles. The van der Waals surface area contributed by atoms with Gasteiger partial charge in [0.2, 0.25) is 5.82 Å². The summed E-state index contributed by atoms with van der Waals surface area (Å²) >= 11 is 0. The number of carbonyl (C=O) groups is 1. The summed E-state index contributed by atoms with van der Waals surface area (Å²) < 4.78 is 31.8. The predicted octanol–water partition coefficient (Wildman–Crippen LogP) is 4.23. The molecule has 21 heavy (non-hydrogen) atoms. The minimum atomic E-state index is -1.21. The quantitative estimate of drug-likeness (QED) is 0.364. The molecule has 0 amide bonds. The standard InChI is InChI=1S/C17H12F2O2/c1-2-15(20)21-17-13(10-11-14(18)16(17)19)9-8-12-6-4-3-5-7-12/h2-11H,1H2. The Morgan fingerprint density at radius 3 is 2.43 bits per heavy atom. The first-order valence-corrected chi connectivity index (χ1v) is 6.17. The molecule has 0 aliphatic carbocycles. The van der Waals surface area contributed by atoms with Crippen LogP contribution in [0.4, 0.5) is 8.78 Å². The molecule has 0 saturated heterocycles. The van der Waals surface area contributed by atoms with Gasteiger partial charge in [0.15, 0.2) is 11.6 Å². The van der Waals surface area contributed by atoms with E-state index in [1.807, 2.05) is 30.3 Å². The van der Waals surface area contributed by atoms with Crippen LogP contribution in [-0.4, -0.2) is 5.97 Å². The molecule has 0 bridgehead atoms. The van der Waals surface area contributed by atoms with E-state index in [0.29, 0.717) is 0 Å². The van der Waals surface area contributed by atoms with Crippen molar-refractivity contribution in [2.24, 2.45) is 0 Å². The highest BCUT2D eigenvalue weighted by Gasteiger charge is 2.15. The lowest BCUT2D eigenvalue weighted by atomic mass is 10.1. The van der Waals surface area contributed by atoms with E-state index in [1.165, 1.54) is 6.07 Å². The number of ether oxygens (including phenoxy) is 1. The summed E-state index contributed by atoms with van der Waals surface area (Å²) in [5.74, 6) is -3.60. The van der Waals surface area contributed by atoms with Crippen LogP contribution < -0.4 is 4.74 Å². The summed E-state index contributed by atoms with van der Waals surface area (Å²) in [7, 11) is 0. The second kappa shape index (κ2) is 6.61. The fourth-order valence-electron chi connectivity index (χ4n) is 1.67. The lowest BCUT2D eigenvalue weighted by molar-refractivity contribution is -0.129. The first-order chi connectivity index (χ1) is 10.1. The molecule has 4 heteroatoms. The van der Waals surface area contributed by atoms with Gasteiger partial charge in [0.1, 0.15) is 0 Å². The summed E-state index contributed by atoms with van der Waals surface area (Å²) in [5.41, 5.74) is 1.14. The molecule has 2 rings (SSSR count). The summed E-state index contributed by atoms with van der Waals surface area (Å²) in [6.45, 7) is 3.22. The minimum Gasteiger partial charge on any atom is -0.419 e. The minimum absolute atomic E-state index is 0.257. The molecule has 2 aromatic rings. The number of rotatable bonds is 4. The smallest absolute Gasteiger partial charge is 0.335 e. The van der Waals surface area contributed by atoms with Crippen molar-refractivity contribution in [3.8, 4) is 5.75 Å². The van der Waals surface area contributed by atoms with E-state index in [4.69, 9.17) is 4.74 Å². The highest BCUT2D eigenvalue weighted by atomic mass is 19.2. The van der Waals surface area contributed by atoms with E-state index in [-0.39, 0.29) is 5.56 Å². The Labute approximate surface area is 121 Å². The largest absolute Gasteiger partial charge is 0.419 e. The lowest BCUT2D eigenvalue weighted by Gasteiger charge is -2.07. The molecule has 0 aliphatic rings. The zero-order valence-corrected chi connectivity index (χ0v) is 11.1. The highest BCUT2D eigenvalue weighted by molar-refractivity contribution is 5.85. The zero-order chi connectivity index (χ0) is 15.2. The van der Waals surface area contributed by atoms with Crippen molar-refractivity contribution in [1.29, 1.82) is 0 Å². The van der Waals surface area contributed by atoms with Gasteiger partial charge in [0, 0.05) is 11.6 Å². The molecule has 2 nitrogen and oxygen atoms in total. The Bertz CT molecular complexity index is 691. The van der Waals surface area contributed by atoms with E-state index in [0.717, 1.165) is 17.7 Å². The maximum atomic E-state index is 13.8. The molecule has 106 valence electrons. The summed E-state index contributed by atoms with van der Waals surface area (Å²) in [4.78, 5) is 11.2. The maximum absolute atomic E-state index is 13.8. The van der Waals surface area contributed by atoms with Crippen LogP contribution in [0.1, 0.15) is 11.1 Å². The summed E-state index contributed by atoms with van der Waals surface area (Å²) in [6.07, 6.45) is 4.14. The third kappa shape index (κ3) is 3.63. The predicted molar refractivity (Wildman–Crippen MR) is 77.6 cm³/mol. The van der Waals surface area contributed by atoms with Gasteiger partial charge >= 0.3 is 5.97 Å². The Balaban J connectivity index is 2.39. The van der Waals surface area contributed by atoms with Gasteiger partial charge < -0.3 is 4.74 Å². The van der Waals surface area contributed by atoms with Gasteiger partial charge in [-0.1, -0.05) is 49.1 Å². The normalized spacial score (nSPS) is 10.6. The summed E-state index contributed by atoms with van der Waals surface area (Å²) in [6, 6.07) is 11.6. The van der Waals surface area contributed by atoms with Crippen LogP contribution in [0.5, 0.6) is 5.75 Å². The van der Waals surface area contributed by atoms with Crippen LogP contribution in [0.3, 0.4) is 0 Å². The van der Waals surface area contributed by atoms with Crippen LogP contribution in [0.2, 0.25) is 0 Å². The van der Waals surface area contributed by atoms with Crippen molar-refractivity contribution >= 4 is 18.1 Å². The second-order valence-electron chi connectivity index (χ2n) is 4.15. The molecule has 0 saturated carbocycles. The third-order valence-electron chi connectivity index (χ3n) is 2.70. The fourth-order valence-corrected chi connectivity index (χ4v) is 1.67. The number of carbonyl (C=O) groups excluding carboxylic acids is 1. The molecule has 0 N–H and O–H groups in total. The van der Waals surface area contributed by atoms with E-state index >= 15 is 0 Å². The van der Waals surface area contributed by atoms with Crippen molar-refractivity contribution in [3.63, 3.8) is 0 Å². The van der Waals surface area contributed by atoms with Crippen molar-refractivity contribution in [1.82, 2.24) is 0 Å². The number of benzene rings is 2. The van der Waals surface area contributed by atoms with Gasteiger partial charge in [-0.15, -0.1) is 0 Å². The van der Waals surface area contributed by atoms with Crippen LogP contribution in [-0.2, 0) is 4.79 Å². The lowest BCUT2D eigenvalue weighted by Crippen LogP contribution is -2.07. The molecule has 0 aromatic heterocycles. The SMILES string of the molecule is C=CC(=O)Oc1c(C=Cc2ccccc2)ccc(F)c1F. The number of halogens is 2. The highest BCUT2D eigenvalue weighted by Crippen LogP contribution is 2.27. The molecule has 0 unspecified atom stereocenters. The molecule has 0 atom stereocenters. The summed E-state index contributed by atoms with van der Waals surface area (Å²) in [5, 5.41) is 0. The van der Waals surface area contributed by atoms with E-state index in [9.17, 15) is 13.6 Å². The topological polar surface area (TPSA) is 26.3 Å². The van der Waals surface area contributed by atoms with Gasteiger partial charge in [0.25, 0.3) is 0 Å². The van der Waals surface area contributed by atoms with Gasteiger partial charge in [-0.2, -0.15) is 4.39 Å². The molecular formula is C17H12F2O2. The first-order valence-electron chi connectivity index (χ1n) is 6.17. The van der Waals surface area contributed by atoms with Crippen LogP contribution in [0.25, 0.3) is 12.2 Å². The Morgan fingerprint density at radius 1 is 1.05 bits per heavy atom. The molecule has 0 radical (unpaired) electrons. The average molecular weight is 286 g/mol. The second-order valence-corrected chi connectivity index (χ2v) is 4.15. The average Bonchev–Trinajstić information content (AvgIpc) is 2.52. The van der Waals surface area contributed by atoms with Crippen LogP contribution in [0.15, 0.2) is 55.1 Å². The fraction of sp³-hybridized carbons (Fsp3) is 0. The molecule has 0 spiro atoms. The van der Waals surface area contributed by atoms with Gasteiger partial charge in [-0.05, 0) is 17.7 Å². The van der Waals surface area contributed by atoms with Gasteiger partial charge in [0.05, 0.1) is 0 Å². The van der Waals surface area contributed by atoms with Gasteiger partial charge in [-0.25, -0.2) is 9.18 Å². The molecular weight excluding hydrogens is 274 g/mol. The molecule has 0 heterocycles. The van der Waals surface area contributed by atoms with E-state index < -0.39 is 23.4 Å². The third-order valence-corrected chi connectivity index (χ3v) is 2.70. The Hall–Kier alpha value is -2.75. The van der Waals surface area contributed by atoms with Crippen molar-refractivity contribution in [3.05, 3.63) is 77.9 Å². The van der Waals surface area contributed by atoms with Crippen molar-refractivity contribution in [2.45, 2.75) is 0 Å². The number of hydrogen-bond donors (Lipinski definition) is 0. The monoisotopic (exact) mass is 286 g/mol. The van der Waals surface area contributed by atoms with Crippen molar-refractivity contribution in [2.75, 3.05) is 0 Å². The Morgan fingerprint density at radius 2 is 1.76 bits per heavy atom. The first kappa shape index (κ1) is 14.7. The zero-order valence-electron chi connectivity index (χ0n) is 11.1. The van der Waals surface area contributed by atoms with Crippen LogP contribution >= 0.6 is 0 Å². The number of hydrogen-bond acceptors (Lipinski definition) is 2. The van der Waals surface area contributed by atoms with Crippen molar-refractivity contribution < 1.29 is 18.3 Å². The van der Waals surface area contributed by atoms with Crippen LogP contribution in [0, 0.1) is 11.6 Å². The van der Waals surface area contributed by atoms with E-state index in [1.54, 1.807) is 12.2 Å². The van der Waals surface area contributed by atoms with Gasteiger partial charge in [-0.3, -0.25) is 0 Å². The Kier molecular flexibility index (Phi) is 4.61. The molecule has 0 fully saturated rings. The molecule has 0 aliphatic heterocycles.